The van der Waals surface area contributed by atoms with Crippen LogP contribution in [-0.2, 0) is 11.2 Å². The van der Waals surface area contributed by atoms with Gasteiger partial charge in [0, 0.05) is 6.04 Å². The Bertz CT molecular complexity index is 448. The quantitative estimate of drug-likeness (QED) is 0.842. The van der Waals surface area contributed by atoms with Crippen LogP contribution in [0, 0.1) is 11.3 Å². The third-order valence-corrected chi connectivity index (χ3v) is 4.77. The van der Waals surface area contributed by atoms with E-state index in [4.69, 9.17) is 5.26 Å². The summed E-state index contributed by atoms with van der Waals surface area (Å²) >= 11 is -0.917. The van der Waals surface area contributed by atoms with Crippen LogP contribution in [-0.4, -0.2) is 15.2 Å². The van der Waals surface area contributed by atoms with Crippen molar-refractivity contribution >= 4 is 11.2 Å². The lowest BCUT2D eigenvalue weighted by molar-refractivity contribution is 0.520. The molecule has 1 aromatic carbocycles. The average molecular weight is 278 g/mol. The SMILES string of the molecule is CC[C@H](NC[S+]([O-])C(C)(C)C)c1cccc(C#N)c1. The molecule has 0 bridgehead atoms. The summed E-state index contributed by atoms with van der Waals surface area (Å²) in [6, 6.07) is 9.86. The first-order valence-corrected chi connectivity index (χ1v) is 7.82. The Kier molecular flexibility index (Phi) is 5.86. The smallest absolute Gasteiger partial charge is 0.158 e. The van der Waals surface area contributed by atoms with E-state index in [-0.39, 0.29) is 10.8 Å². The van der Waals surface area contributed by atoms with Gasteiger partial charge >= 0.3 is 0 Å². The summed E-state index contributed by atoms with van der Waals surface area (Å²) in [4.78, 5) is 0. The summed E-state index contributed by atoms with van der Waals surface area (Å²) in [7, 11) is 0. The molecule has 1 unspecified atom stereocenters. The molecule has 2 atom stereocenters. The molecule has 1 aromatic rings. The second-order valence-corrected chi connectivity index (χ2v) is 7.71. The van der Waals surface area contributed by atoms with E-state index in [1.165, 1.54) is 0 Å². The van der Waals surface area contributed by atoms with Gasteiger partial charge in [0.2, 0.25) is 0 Å². The van der Waals surface area contributed by atoms with Gasteiger partial charge in [-0.15, -0.1) is 0 Å². The average Bonchev–Trinajstić information content (AvgIpc) is 2.38. The molecule has 0 aromatic heterocycles. The van der Waals surface area contributed by atoms with E-state index in [1.807, 2.05) is 39.0 Å². The van der Waals surface area contributed by atoms with Crippen molar-refractivity contribution in [2.75, 3.05) is 5.88 Å². The molecule has 0 heterocycles. The van der Waals surface area contributed by atoms with Gasteiger partial charge in [0.05, 0.1) is 11.6 Å². The standard InChI is InChI=1S/C15H22N2OS/c1-5-14(17-11-19(18)15(2,3)4)13-8-6-7-12(9-13)10-16/h6-9,14,17H,5,11H2,1-4H3/t14-,19?/m0/s1. The van der Waals surface area contributed by atoms with Crippen LogP contribution in [0.2, 0.25) is 0 Å². The van der Waals surface area contributed by atoms with Gasteiger partial charge in [0.25, 0.3) is 0 Å². The molecule has 0 aliphatic heterocycles. The van der Waals surface area contributed by atoms with E-state index in [9.17, 15) is 4.55 Å². The van der Waals surface area contributed by atoms with Crippen molar-refractivity contribution in [3.05, 3.63) is 35.4 Å². The van der Waals surface area contributed by atoms with Gasteiger partial charge in [-0.3, -0.25) is 5.32 Å². The van der Waals surface area contributed by atoms with Crippen LogP contribution in [0.4, 0.5) is 0 Å². The molecule has 4 heteroatoms. The first kappa shape index (κ1) is 16.0. The van der Waals surface area contributed by atoms with Crippen molar-refractivity contribution in [1.82, 2.24) is 5.32 Å². The summed E-state index contributed by atoms with van der Waals surface area (Å²) in [5.74, 6) is 0.471. The molecule has 0 aliphatic carbocycles. The van der Waals surface area contributed by atoms with Gasteiger partial charge < -0.3 is 4.55 Å². The van der Waals surface area contributed by atoms with Crippen molar-refractivity contribution < 1.29 is 4.55 Å². The fourth-order valence-corrected chi connectivity index (χ4v) is 2.50. The molecule has 0 saturated carbocycles. The van der Waals surface area contributed by atoms with Crippen LogP contribution < -0.4 is 5.32 Å². The first-order valence-electron chi connectivity index (χ1n) is 6.50. The molecule has 0 radical (unpaired) electrons. The highest BCUT2D eigenvalue weighted by molar-refractivity contribution is 7.92. The van der Waals surface area contributed by atoms with E-state index in [2.05, 4.69) is 18.3 Å². The monoisotopic (exact) mass is 278 g/mol. The molecular weight excluding hydrogens is 256 g/mol. The number of hydrogen-bond donors (Lipinski definition) is 1. The molecular formula is C15H22N2OS. The molecule has 1 N–H and O–H groups in total. The maximum atomic E-state index is 12.0. The molecule has 3 nitrogen and oxygen atoms in total. The zero-order valence-corrected chi connectivity index (χ0v) is 12.9. The van der Waals surface area contributed by atoms with Crippen LogP contribution >= 0.6 is 0 Å². The fourth-order valence-electron chi connectivity index (χ4n) is 1.72. The minimum absolute atomic E-state index is 0.139. The number of rotatable bonds is 5. The Morgan fingerprint density at radius 1 is 1.42 bits per heavy atom. The third-order valence-electron chi connectivity index (χ3n) is 2.97. The van der Waals surface area contributed by atoms with Crippen LogP contribution in [0.15, 0.2) is 24.3 Å². The Morgan fingerprint density at radius 2 is 2.11 bits per heavy atom. The summed E-state index contributed by atoms with van der Waals surface area (Å²) < 4.78 is 11.8. The maximum absolute atomic E-state index is 12.0. The van der Waals surface area contributed by atoms with Crippen LogP contribution in [0.5, 0.6) is 0 Å². The Labute approximate surface area is 119 Å². The lowest BCUT2D eigenvalue weighted by Gasteiger charge is -2.27. The molecule has 0 saturated heterocycles. The number of nitriles is 1. The predicted molar refractivity (Wildman–Crippen MR) is 80.1 cm³/mol. The highest BCUT2D eigenvalue weighted by Gasteiger charge is 2.26. The summed E-state index contributed by atoms with van der Waals surface area (Å²) in [6.07, 6.45) is 0.899. The van der Waals surface area contributed by atoms with Crippen molar-refractivity contribution in [3.63, 3.8) is 0 Å². The van der Waals surface area contributed by atoms with E-state index in [1.54, 1.807) is 6.07 Å². The highest BCUT2D eigenvalue weighted by atomic mass is 32.2. The van der Waals surface area contributed by atoms with Gasteiger partial charge in [-0.05, 0) is 56.1 Å². The minimum atomic E-state index is -0.917. The summed E-state index contributed by atoms with van der Waals surface area (Å²) in [6.45, 7) is 8.00. The molecule has 104 valence electrons. The van der Waals surface area contributed by atoms with Gasteiger partial charge in [-0.2, -0.15) is 5.26 Å². The Hall–Kier alpha value is -1.02. The second kappa shape index (κ2) is 6.95. The van der Waals surface area contributed by atoms with E-state index >= 15 is 0 Å². The van der Waals surface area contributed by atoms with Crippen LogP contribution in [0.25, 0.3) is 0 Å². The normalized spacial score (nSPS) is 14.7. The topological polar surface area (TPSA) is 58.9 Å². The third kappa shape index (κ3) is 4.87. The number of nitrogens with zero attached hydrogens (tertiary/aromatic N) is 1. The van der Waals surface area contributed by atoms with Crippen molar-refractivity contribution in [2.45, 2.75) is 44.9 Å². The molecule has 0 amide bonds. The molecule has 0 spiro atoms. The highest BCUT2D eigenvalue weighted by Crippen LogP contribution is 2.20. The second-order valence-electron chi connectivity index (χ2n) is 5.50. The van der Waals surface area contributed by atoms with Crippen molar-refractivity contribution in [2.24, 2.45) is 0 Å². The minimum Gasteiger partial charge on any atom is -0.615 e. The molecule has 19 heavy (non-hydrogen) atoms. The Morgan fingerprint density at radius 3 is 2.63 bits per heavy atom. The van der Waals surface area contributed by atoms with Crippen molar-refractivity contribution in [1.29, 1.82) is 5.26 Å². The first-order chi connectivity index (χ1) is 8.88. The largest absolute Gasteiger partial charge is 0.615 e. The van der Waals surface area contributed by atoms with Crippen molar-refractivity contribution in [3.8, 4) is 6.07 Å². The lowest BCUT2D eigenvalue weighted by atomic mass is 10.0. The van der Waals surface area contributed by atoms with Gasteiger partial charge in [0.15, 0.2) is 5.88 Å². The summed E-state index contributed by atoms with van der Waals surface area (Å²) in [5, 5.41) is 12.3. The van der Waals surface area contributed by atoms with E-state index in [0.29, 0.717) is 11.4 Å². The number of hydrogen-bond acceptors (Lipinski definition) is 3. The van der Waals surface area contributed by atoms with Gasteiger partial charge in [-0.1, -0.05) is 19.1 Å². The lowest BCUT2D eigenvalue weighted by Crippen LogP contribution is -2.37. The number of nitrogens with one attached hydrogen (secondary N) is 1. The van der Waals surface area contributed by atoms with E-state index < -0.39 is 11.2 Å². The van der Waals surface area contributed by atoms with E-state index in [0.717, 1.165) is 12.0 Å². The number of benzene rings is 1. The molecule has 0 fully saturated rings. The van der Waals surface area contributed by atoms with Crippen LogP contribution in [0.3, 0.4) is 0 Å². The zero-order valence-electron chi connectivity index (χ0n) is 12.1. The fraction of sp³-hybridized carbons (Fsp3) is 0.533. The van der Waals surface area contributed by atoms with Gasteiger partial charge in [-0.25, -0.2) is 0 Å². The Balaban J connectivity index is 2.71. The maximum Gasteiger partial charge on any atom is 0.158 e. The zero-order chi connectivity index (χ0) is 14.5. The van der Waals surface area contributed by atoms with Crippen LogP contribution in [0.1, 0.15) is 51.3 Å². The summed E-state index contributed by atoms with van der Waals surface area (Å²) in [5.41, 5.74) is 1.74. The predicted octanol–water partition coefficient (Wildman–Crippen LogP) is 3.10. The molecule has 1 rings (SSSR count). The van der Waals surface area contributed by atoms with Gasteiger partial charge in [0.1, 0.15) is 4.75 Å². The molecule has 0 aliphatic rings.